The van der Waals surface area contributed by atoms with E-state index >= 15 is 0 Å². The highest BCUT2D eigenvalue weighted by Gasteiger charge is 2.25. The molecular formula is C18H25NO2. The van der Waals surface area contributed by atoms with Gasteiger partial charge in [0.2, 0.25) is 0 Å². The molecule has 1 aromatic carbocycles. The topological polar surface area (TPSA) is 40.5 Å². The van der Waals surface area contributed by atoms with Gasteiger partial charge in [-0.1, -0.05) is 25.8 Å². The zero-order valence-electron chi connectivity index (χ0n) is 13.2. The van der Waals surface area contributed by atoms with Crippen molar-refractivity contribution >= 4 is 17.7 Å². The summed E-state index contributed by atoms with van der Waals surface area (Å²) in [7, 11) is 2.17. The summed E-state index contributed by atoms with van der Waals surface area (Å²) < 4.78 is 0. The number of anilines is 1. The molecular weight excluding hydrogens is 262 g/mol. The van der Waals surface area contributed by atoms with Gasteiger partial charge in [-0.25, -0.2) is 4.79 Å². The van der Waals surface area contributed by atoms with Crippen molar-refractivity contribution in [2.45, 2.75) is 45.6 Å². The summed E-state index contributed by atoms with van der Waals surface area (Å²) in [5.74, 6) is -0.178. The van der Waals surface area contributed by atoms with Crippen LogP contribution in [0.4, 0.5) is 5.69 Å². The summed E-state index contributed by atoms with van der Waals surface area (Å²) in [6, 6.07) is 6.87. The molecule has 21 heavy (non-hydrogen) atoms. The van der Waals surface area contributed by atoms with Gasteiger partial charge in [0.25, 0.3) is 0 Å². The fraction of sp³-hybridized carbons (Fsp3) is 0.500. The van der Waals surface area contributed by atoms with Crippen molar-refractivity contribution in [3.05, 3.63) is 35.4 Å². The predicted molar refractivity (Wildman–Crippen MR) is 87.7 cm³/mol. The highest BCUT2D eigenvalue weighted by molar-refractivity contribution is 5.85. The molecule has 0 radical (unpaired) electrons. The van der Waals surface area contributed by atoms with E-state index in [0.29, 0.717) is 6.04 Å². The fourth-order valence-corrected chi connectivity index (χ4v) is 3.29. The highest BCUT2D eigenvalue weighted by atomic mass is 16.4. The highest BCUT2D eigenvalue weighted by Crippen LogP contribution is 2.31. The number of hydrogen-bond acceptors (Lipinski definition) is 2. The number of carboxylic acids is 1. The van der Waals surface area contributed by atoms with Gasteiger partial charge in [0, 0.05) is 24.9 Å². The molecule has 0 spiro atoms. The second-order valence-corrected chi connectivity index (χ2v) is 6.15. The van der Waals surface area contributed by atoms with Crippen LogP contribution in [0.1, 0.15) is 43.7 Å². The van der Waals surface area contributed by atoms with Crippen molar-refractivity contribution in [2.24, 2.45) is 5.92 Å². The minimum Gasteiger partial charge on any atom is -0.478 e. The Morgan fingerprint density at radius 2 is 2.05 bits per heavy atom. The number of hydrogen-bond donors (Lipinski definition) is 1. The number of carboxylic acid groups (broad SMARTS) is 1. The molecule has 1 aliphatic carbocycles. The van der Waals surface area contributed by atoms with Crippen LogP contribution in [0.5, 0.6) is 0 Å². The van der Waals surface area contributed by atoms with Crippen molar-refractivity contribution in [2.75, 3.05) is 11.9 Å². The predicted octanol–water partition coefficient (Wildman–Crippen LogP) is 4.11. The van der Waals surface area contributed by atoms with E-state index in [0.717, 1.165) is 17.0 Å². The van der Waals surface area contributed by atoms with Crippen molar-refractivity contribution in [3.63, 3.8) is 0 Å². The van der Waals surface area contributed by atoms with Crippen molar-refractivity contribution in [1.82, 2.24) is 0 Å². The van der Waals surface area contributed by atoms with Gasteiger partial charge in [-0.05, 0) is 55.0 Å². The Morgan fingerprint density at radius 1 is 1.33 bits per heavy atom. The molecule has 2 unspecified atom stereocenters. The van der Waals surface area contributed by atoms with Crippen LogP contribution in [0.2, 0.25) is 0 Å². The first-order valence-electron chi connectivity index (χ1n) is 7.73. The molecule has 2 rings (SSSR count). The summed E-state index contributed by atoms with van der Waals surface area (Å²) in [5, 5.41) is 8.71. The number of nitrogens with zero attached hydrogens (tertiary/aromatic N) is 1. The molecule has 0 aromatic heterocycles. The molecule has 0 bridgehead atoms. The maximum Gasteiger partial charge on any atom is 0.328 e. The molecule has 1 N–H and O–H groups in total. The van der Waals surface area contributed by atoms with E-state index in [1.165, 1.54) is 37.4 Å². The zero-order chi connectivity index (χ0) is 15.4. The van der Waals surface area contributed by atoms with Crippen LogP contribution in [0.25, 0.3) is 6.08 Å². The van der Waals surface area contributed by atoms with E-state index in [1.807, 2.05) is 13.0 Å². The number of aliphatic carboxylic acids is 1. The molecule has 114 valence electrons. The minimum absolute atomic E-state index is 0.610. The lowest BCUT2D eigenvalue weighted by molar-refractivity contribution is -0.131. The van der Waals surface area contributed by atoms with Gasteiger partial charge in [0.05, 0.1) is 0 Å². The summed E-state index contributed by atoms with van der Waals surface area (Å²) >= 11 is 0. The Bertz CT molecular complexity index is 536. The molecule has 0 amide bonds. The van der Waals surface area contributed by atoms with Gasteiger partial charge in [-0.3, -0.25) is 0 Å². The first kappa shape index (κ1) is 15.6. The third kappa shape index (κ3) is 3.87. The lowest BCUT2D eigenvalue weighted by atomic mass is 9.85. The summed E-state index contributed by atoms with van der Waals surface area (Å²) in [4.78, 5) is 13.0. The molecule has 0 heterocycles. The zero-order valence-corrected chi connectivity index (χ0v) is 13.2. The molecule has 1 aliphatic rings. The third-order valence-electron chi connectivity index (χ3n) is 4.63. The average Bonchev–Trinajstić information content (AvgIpc) is 2.45. The summed E-state index contributed by atoms with van der Waals surface area (Å²) in [6.07, 6.45) is 8.09. The number of benzene rings is 1. The standard InChI is InChI=1S/C18H25NO2/c1-13-6-4-5-7-17(13)19(3)16-10-8-15(14(2)12-16)9-11-18(20)21/h8-13,17H,4-7H2,1-3H3,(H,20,21). The Morgan fingerprint density at radius 3 is 2.67 bits per heavy atom. The molecule has 1 fully saturated rings. The molecule has 0 saturated heterocycles. The third-order valence-corrected chi connectivity index (χ3v) is 4.63. The van der Waals surface area contributed by atoms with Gasteiger partial charge in [-0.2, -0.15) is 0 Å². The number of aryl methyl sites for hydroxylation is 1. The number of rotatable bonds is 4. The van der Waals surface area contributed by atoms with Gasteiger partial charge >= 0.3 is 5.97 Å². The second-order valence-electron chi connectivity index (χ2n) is 6.15. The summed E-state index contributed by atoms with van der Waals surface area (Å²) in [5.41, 5.74) is 3.30. The van der Waals surface area contributed by atoms with Crippen molar-refractivity contribution in [3.8, 4) is 0 Å². The SMILES string of the molecule is Cc1cc(N(C)C2CCCCC2C)ccc1C=CC(=O)O. The monoisotopic (exact) mass is 287 g/mol. The van der Waals surface area contributed by atoms with E-state index in [4.69, 9.17) is 5.11 Å². The van der Waals surface area contributed by atoms with Crippen LogP contribution in [0.3, 0.4) is 0 Å². The summed E-state index contributed by atoms with van der Waals surface area (Å²) in [6.45, 7) is 4.38. The Balaban J connectivity index is 2.17. The van der Waals surface area contributed by atoms with Crippen LogP contribution >= 0.6 is 0 Å². The van der Waals surface area contributed by atoms with Gasteiger partial charge in [0.15, 0.2) is 0 Å². The molecule has 1 saturated carbocycles. The Hall–Kier alpha value is -1.77. The normalized spacial score (nSPS) is 22.4. The average molecular weight is 287 g/mol. The van der Waals surface area contributed by atoms with E-state index in [1.54, 1.807) is 6.08 Å². The smallest absolute Gasteiger partial charge is 0.328 e. The lowest BCUT2D eigenvalue weighted by Gasteiger charge is -2.38. The maximum atomic E-state index is 10.6. The van der Waals surface area contributed by atoms with Crippen LogP contribution in [-0.2, 0) is 4.79 Å². The Kier molecular flexibility index (Phi) is 5.05. The Labute approximate surface area is 127 Å². The molecule has 3 heteroatoms. The minimum atomic E-state index is -0.911. The largest absolute Gasteiger partial charge is 0.478 e. The fourth-order valence-electron chi connectivity index (χ4n) is 3.29. The molecule has 0 aliphatic heterocycles. The maximum absolute atomic E-state index is 10.6. The first-order valence-corrected chi connectivity index (χ1v) is 7.73. The van der Waals surface area contributed by atoms with Crippen LogP contribution < -0.4 is 4.90 Å². The molecule has 3 nitrogen and oxygen atoms in total. The van der Waals surface area contributed by atoms with Crippen molar-refractivity contribution in [1.29, 1.82) is 0 Å². The molecule has 2 atom stereocenters. The first-order chi connectivity index (χ1) is 9.99. The van der Waals surface area contributed by atoms with Crippen LogP contribution in [0.15, 0.2) is 24.3 Å². The van der Waals surface area contributed by atoms with Crippen LogP contribution in [0, 0.1) is 12.8 Å². The van der Waals surface area contributed by atoms with Crippen molar-refractivity contribution < 1.29 is 9.90 Å². The van der Waals surface area contributed by atoms with Gasteiger partial charge < -0.3 is 10.0 Å². The quantitative estimate of drug-likeness (QED) is 0.847. The second kappa shape index (κ2) is 6.79. The van der Waals surface area contributed by atoms with E-state index in [2.05, 4.69) is 31.0 Å². The van der Waals surface area contributed by atoms with E-state index < -0.39 is 5.97 Å². The van der Waals surface area contributed by atoms with E-state index in [9.17, 15) is 4.79 Å². The lowest BCUT2D eigenvalue weighted by Crippen LogP contribution is -2.39. The van der Waals surface area contributed by atoms with Crippen LogP contribution in [-0.4, -0.2) is 24.2 Å². The number of carbonyl (C=O) groups is 1. The molecule has 1 aromatic rings. The van der Waals surface area contributed by atoms with Gasteiger partial charge in [-0.15, -0.1) is 0 Å². The van der Waals surface area contributed by atoms with E-state index in [-0.39, 0.29) is 0 Å². The van der Waals surface area contributed by atoms with Gasteiger partial charge in [0.1, 0.15) is 0 Å².